The molecule has 0 aliphatic rings. The molecule has 72 valence electrons. The molecule has 1 aromatic heterocycles. The van der Waals surface area contributed by atoms with Crippen LogP contribution in [0.3, 0.4) is 0 Å². The van der Waals surface area contributed by atoms with Crippen LogP contribution in [0.25, 0.3) is 0 Å². The van der Waals surface area contributed by atoms with Crippen LogP contribution in [0.2, 0.25) is 0 Å². The van der Waals surface area contributed by atoms with Crippen molar-refractivity contribution in [2.24, 2.45) is 5.73 Å². The second-order valence-electron chi connectivity index (χ2n) is 3.01. The van der Waals surface area contributed by atoms with Gasteiger partial charge in [-0.3, -0.25) is 9.97 Å². The number of methoxy groups -OCH3 is 1. The molecule has 0 aromatic carbocycles. The summed E-state index contributed by atoms with van der Waals surface area (Å²) in [6.45, 7) is 2.48. The number of rotatable bonds is 4. The number of hydrogen-bond acceptors (Lipinski definition) is 4. The Morgan fingerprint density at radius 1 is 1.46 bits per heavy atom. The Bertz CT molecular complexity index is 265. The van der Waals surface area contributed by atoms with Gasteiger partial charge in [-0.1, -0.05) is 0 Å². The summed E-state index contributed by atoms with van der Waals surface area (Å²) in [5, 5.41) is 0. The number of nitrogens with two attached hydrogens (primary N) is 1. The Morgan fingerprint density at radius 3 is 2.77 bits per heavy atom. The van der Waals surface area contributed by atoms with Gasteiger partial charge in [-0.2, -0.15) is 0 Å². The Kier molecular flexibility index (Phi) is 3.79. The summed E-state index contributed by atoms with van der Waals surface area (Å²) < 4.78 is 4.94. The van der Waals surface area contributed by atoms with E-state index in [1.165, 1.54) is 0 Å². The van der Waals surface area contributed by atoms with Crippen LogP contribution in [-0.4, -0.2) is 29.7 Å². The van der Waals surface area contributed by atoms with Crippen LogP contribution in [0.4, 0.5) is 0 Å². The highest BCUT2D eigenvalue weighted by Gasteiger charge is 2.06. The molecule has 4 nitrogen and oxygen atoms in total. The van der Waals surface area contributed by atoms with Gasteiger partial charge in [0.15, 0.2) is 0 Å². The number of aryl methyl sites for hydroxylation is 1. The van der Waals surface area contributed by atoms with Crippen LogP contribution in [0, 0.1) is 6.92 Å². The van der Waals surface area contributed by atoms with E-state index in [4.69, 9.17) is 10.5 Å². The highest BCUT2D eigenvalue weighted by molar-refractivity contribution is 5.09. The fourth-order valence-corrected chi connectivity index (χ4v) is 1.16. The highest BCUT2D eigenvalue weighted by Crippen LogP contribution is 2.02. The third kappa shape index (κ3) is 3.08. The van der Waals surface area contributed by atoms with E-state index in [2.05, 4.69) is 9.97 Å². The maximum absolute atomic E-state index is 5.79. The van der Waals surface area contributed by atoms with E-state index in [9.17, 15) is 0 Å². The second kappa shape index (κ2) is 4.89. The van der Waals surface area contributed by atoms with Crippen LogP contribution in [-0.2, 0) is 11.2 Å². The molecule has 1 aromatic rings. The van der Waals surface area contributed by atoms with Gasteiger partial charge in [0.1, 0.15) is 0 Å². The van der Waals surface area contributed by atoms with Crippen molar-refractivity contribution in [1.82, 2.24) is 9.97 Å². The summed E-state index contributed by atoms with van der Waals surface area (Å²) in [5.74, 6) is 0. The molecule has 0 aliphatic carbocycles. The Hall–Kier alpha value is -1.00. The minimum Gasteiger partial charge on any atom is -0.383 e. The molecule has 13 heavy (non-hydrogen) atoms. The van der Waals surface area contributed by atoms with E-state index in [-0.39, 0.29) is 6.04 Å². The summed E-state index contributed by atoms with van der Waals surface area (Å²) in [4.78, 5) is 8.34. The van der Waals surface area contributed by atoms with Gasteiger partial charge in [0, 0.05) is 32.0 Å². The largest absolute Gasteiger partial charge is 0.383 e. The molecule has 0 radical (unpaired) electrons. The lowest BCUT2D eigenvalue weighted by molar-refractivity contribution is 0.179. The van der Waals surface area contributed by atoms with Crippen molar-refractivity contribution in [3.63, 3.8) is 0 Å². The van der Waals surface area contributed by atoms with Crippen LogP contribution < -0.4 is 5.73 Å². The fourth-order valence-electron chi connectivity index (χ4n) is 1.16. The summed E-state index contributed by atoms with van der Waals surface area (Å²) in [7, 11) is 1.64. The maximum Gasteiger partial charge on any atom is 0.0632 e. The van der Waals surface area contributed by atoms with Gasteiger partial charge in [0.2, 0.25) is 0 Å². The van der Waals surface area contributed by atoms with Gasteiger partial charge in [-0.05, 0) is 6.92 Å². The SMILES string of the molecule is COCC(N)Cc1nccnc1C. The summed E-state index contributed by atoms with van der Waals surface area (Å²) in [5.41, 5.74) is 7.68. The lowest BCUT2D eigenvalue weighted by Crippen LogP contribution is -2.28. The summed E-state index contributed by atoms with van der Waals surface area (Å²) in [6, 6.07) is 0.000370. The Balaban J connectivity index is 2.58. The van der Waals surface area contributed by atoms with Gasteiger partial charge in [-0.15, -0.1) is 0 Å². The molecule has 0 saturated carbocycles. The molecule has 1 rings (SSSR count). The van der Waals surface area contributed by atoms with Crippen LogP contribution in [0.5, 0.6) is 0 Å². The lowest BCUT2D eigenvalue weighted by atomic mass is 10.1. The van der Waals surface area contributed by atoms with Gasteiger partial charge in [0.05, 0.1) is 18.0 Å². The van der Waals surface area contributed by atoms with Gasteiger partial charge in [-0.25, -0.2) is 0 Å². The van der Waals surface area contributed by atoms with Gasteiger partial charge >= 0.3 is 0 Å². The van der Waals surface area contributed by atoms with E-state index < -0.39 is 0 Å². The minimum atomic E-state index is 0.000370. The second-order valence-corrected chi connectivity index (χ2v) is 3.01. The van der Waals surface area contributed by atoms with E-state index >= 15 is 0 Å². The van der Waals surface area contributed by atoms with Gasteiger partial charge in [0.25, 0.3) is 0 Å². The molecule has 2 N–H and O–H groups in total. The topological polar surface area (TPSA) is 61.0 Å². The van der Waals surface area contributed by atoms with Crippen molar-refractivity contribution >= 4 is 0 Å². The molecular formula is C9H15N3O. The fraction of sp³-hybridized carbons (Fsp3) is 0.556. The minimum absolute atomic E-state index is 0.000370. The molecule has 0 saturated heterocycles. The first kappa shape index (κ1) is 10.1. The molecule has 1 unspecified atom stereocenters. The lowest BCUT2D eigenvalue weighted by Gasteiger charge is -2.10. The van der Waals surface area contributed by atoms with E-state index in [0.717, 1.165) is 11.4 Å². The molecule has 0 aliphatic heterocycles. The zero-order chi connectivity index (χ0) is 9.68. The van der Waals surface area contributed by atoms with Crippen molar-refractivity contribution in [1.29, 1.82) is 0 Å². The number of ether oxygens (including phenoxy) is 1. The van der Waals surface area contributed by atoms with Crippen LogP contribution >= 0.6 is 0 Å². The molecule has 0 spiro atoms. The first-order chi connectivity index (χ1) is 6.24. The van der Waals surface area contributed by atoms with Gasteiger partial charge < -0.3 is 10.5 Å². The van der Waals surface area contributed by atoms with E-state index in [1.54, 1.807) is 19.5 Å². The molecular weight excluding hydrogens is 166 g/mol. The first-order valence-corrected chi connectivity index (χ1v) is 4.25. The zero-order valence-electron chi connectivity index (χ0n) is 8.03. The Labute approximate surface area is 78.1 Å². The molecule has 0 fully saturated rings. The third-order valence-corrected chi connectivity index (χ3v) is 1.82. The van der Waals surface area contributed by atoms with Crippen LogP contribution in [0.15, 0.2) is 12.4 Å². The molecule has 1 heterocycles. The normalized spacial score (nSPS) is 12.8. The Morgan fingerprint density at radius 2 is 2.15 bits per heavy atom. The quantitative estimate of drug-likeness (QED) is 0.725. The monoisotopic (exact) mass is 181 g/mol. The first-order valence-electron chi connectivity index (χ1n) is 4.25. The number of aromatic nitrogens is 2. The highest BCUT2D eigenvalue weighted by atomic mass is 16.5. The van der Waals surface area contributed by atoms with Crippen molar-refractivity contribution in [2.75, 3.05) is 13.7 Å². The molecule has 0 bridgehead atoms. The number of nitrogens with zero attached hydrogens (tertiary/aromatic N) is 2. The maximum atomic E-state index is 5.79. The van der Waals surface area contributed by atoms with Crippen molar-refractivity contribution < 1.29 is 4.74 Å². The molecule has 1 atom stereocenters. The average molecular weight is 181 g/mol. The van der Waals surface area contributed by atoms with Crippen molar-refractivity contribution in [3.8, 4) is 0 Å². The van der Waals surface area contributed by atoms with Crippen molar-refractivity contribution in [3.05, 3.63) is 23.8 Å². The number of hydrogen-bond donors (Lipinski definition) is 1. The summed E-state index contributed by atoms with van der Waals surface area (Å²) >= 11 is 0. The third-order valence-electron chi connectivity index (χ3n) is 1.82. The average Bonchev–Trinajstić information content (AvgIpc) is 2.09. The van der Waals surface area contributed by atoms with E-state index in [0.29, 0.717) is 13.0 Å². The predicted molar refractivity (Wildman–Crippen MR) is 50.3 cm³/mol. The van der Waals surface area contributed by atoms with E-state index in [1.807, 2.05) is 6.92 Å². The summed E-state index contributed by atoms with van der Waals surface area (Å²) in [6.07, 6.45) is 4.08. The van der Waals surface area contributed by atoms with Crippen molar-refractivity contribution in [2.45, 2.75) is 19.4 Å². The molecule has 4 heteroatoms. The zero-order valence-corrected chi connectivity index (χ0v) is 8.03. The molecule has 0 amide bonds. The van der Waals surface area contributed by atoms with Crippen LogP contribution in [0.1, 0.15) is 11.4 Å². The smallest absolute Gasteiger partial charge is 0.0632 e. The predicted octanol–water partition coefficient (Wildman–Crippen LogP) is 0.301. The standard InChI is InChI=1S/C9H15N3O/c1-7-9(12-4-3-11-7)5-8(10)6-13-2/h3-4,8H,5-6,10H2,1-2H3.